The summed E-state index contributed by atoms with van der Waals surface area (Å²) in [6.45, 7) is 17.2. The maximum Gasteiger partial charge on any atom is 0.0458 e. The summed E-state index contributed by atoms with van der Waals surface area (Å²) in [5.74, 6) is 0. The quantitative estimate of drug-likeness (QED) is 0.443. The van der Waals surface area contributed by atoms with Crippen molar-refractivity contribution in [3.05, 3.63) is 78.2 Å². The van der Waals surface area contributed by atoms with Gasteiger partial charge in [-0.05, 0) is 55.0 Å². The van der Waals surface area contributed by atoms with Gasteiger partial charge in [-0.25, -0.2) is 0 Å². The number of allylic oxidation sites excluding steroid dienone is 6. The maximum atomic E-state index is 3.91. The van der Waals surface area contributed by atoms with Crippen LogP contribution in [0.2, 0.25) is 0 Å². The van der Waals surface area contributed by atoms with E-state index in [0.29, 0.717) is 0 Å². The molecule has 0 spiro atoms. The van der Waals surface area contributed by atoms with Crippen LogP contribution in [0.3, 0.4) is 0 Å². The zero-order chi connectivity index (χ0) is 18.9. The lowest BCUT2D eigenvalue weighted by Gasteiger charge is -2.30. The first-order chi connectivity index (χ1) is 11.9. The molecule has 1 rings (SSSR count). The SMILES string of the molecule is C=C/C=C(\C=C/CC)N(/C(=C/C)CCC)c1ccc(C(C)(C)C)cc1. The summed E-state index contributed by atoms with van der Waals surface area (Å²) >= 11 is 0. The predicted octanol–water partition coefficient (Wildman–Crippen LogP) is 7.53. The van der Waals surface area contributed by atoms with Gasteiger partial charge in [0.15, 0.2) is 0 Å². The van der Waals surface area contributed by atoms with Crippen molar-refractivity contribution in [2.45, 2.75) is 66.2 Å². The zero-order valence-electron chi connectivity index (χ0n) is 17.0. The smallest absolute Gasteiger partial charge is 0.0458 e. The van der Waals surface area contributed by atoms with E-state index in [-0.39, 0.29) is 5.41 Å². The summed E-state index contributed by atoms with van der Waals surface area (Å²) in [5.41, 5.74) is 5.19. The molecular weight excluding hydrogens is 302 g/mol. The fourth-order valence-corrected chi connectivity index (χ4v) is 2.80. The Bertz CT molecular complexity index is 621. The monoisotopic (exact) mass is 337 g/mol. The second kappa shape index (κ2) is 10.1. The van der Waals surface area contributed by atoms with Crippen LogP contribution in [0.25, 0.3) is 0 Å². The topological polar surface area (TPSA) is 3.24 Å². The van der Waals surface area contributed by atoms with E-state index < -0.39 is 0 Å². The van der Waals surface area contributed by atoms with Crippen molar-refractivity contribution in [3.8, 4) is 0 Å². The van der Waals surface area contributed by atoms with Crippen LogP contribution in [-0.2, 0) is 5.41 Å². The molecule has 0 aliphatic carbocycles. The summed E-state index contributed by atoms with van der Waals surface area (Å²) in [6, 6.07) is 8.96. The minimum Gasteiger partial charge on any atom is -0.315 e. The lowest BCUT2D eigenvalue weighted by Crippen LogP contribution is -2.21. The highest BCUT2D eigenvalue weighted by molar-refractivity contribution is 5.61. The van der Waals surface area contributed by atoms with E-state index in [0.717, 1.165) is 25.0 Å². The molecule has 0 heterocycles. The highest BCUT2D eigenvalue weighted by Gasteiger charge is 2.17. The van der Waals surface area contributed by atoms with E-state index in [2.05, 4.69) is 102 Å². The Balaban J connectivity index is 3.42. The highest BCUT2D eigenvalue weighted by atomic mass is 15.2. The van der Waals surface area contributed by atoms with E-state index in [9.17, 15) is 0 Å². The minimum atomic E-state index is 0.165. The maximum absolute atomic E-state index is 3.91. The average molecular weight is 338 g/mol. The fraction of sp³-hybridized carbons (Fsp3) is 0.417. The molecule has 1 nitrogen and oxygen atoms in total. The lowest BCUT2D eigenvalue weighted by atomic mass is 9.87. The van der Waals surface area contributed by atoms with E-state index in [1.165, 1.54) is 16.9 Å². The number of anilines is 1. The number of rotatable bonds is 8. The molecule has 1 aromatic carbocycles. The molecule has 136 valence electrons. The van der Waals surface area contributed by atoms with Crippen LogP contribution in [0, 0.1) is 0 Å². The highest BCUT2D eigenvalue weighted by Crippen LogP contribution is 2.30. The summed E-state index contributed by atoms with van der Waals surface area (Å²) in [7, 11) is 0. The molecule has 0 unspecified atom stereocenters. The molecule has 0 radical (unpaired) electrons. The van der Waals surface area contributed by atoms with E-state index in [1.54, 1.807) is 0 Å². The van der Waals surface area contributed by atoms with Gasteiger partial charge in [-0.3, -0.25) is 0 Å². The van der Waals surface area contributed by atoms with E-state index >= 15 is 0 Å². The van der Waals surface area contributed by atoms with Crippen LogP contribution in [0.4, 0.5) is 5.69 Å². The average Bonchev–Trinajstić information content (AvgIpc) is 2.58. The van der Waals surface area contributed by atoms with Crippen molar-refractivity contribution < 1.29 is 0 Å². The fourth-order valence-electron chi connectivity index (χ4n) is 2.80. The van der Waals surface area contributed by atoms with Crippen molar-refractivity contribution >= 4 is 5.69 Å². The summed E-state index contributed by atoms with van der Waals surface area (Å²) < 4.78 is 0. The Labute approximate surface area is 155 Å². The van der Waals surface area contributed by atoms with Crippen LogP contribution in [0.1, 0.15) is 66.4 Å². The summed E-state index contributed by atoms with van der Waals surface area (Å²) in [4.78, 5) is 2.35. The first kappa shape index (κ1) is 21.0. The Hall–Kier alpha value is -2.02. The molecule has 0 fully saturated rings. The van der Waals surface area contributed by atoms with Gasteiger partial charge in [0.2, 0.25) is 0 Å². The first-order valence-electron chi connectivity index (χ1n) is 9.44. The van der Waals surface area contributed by atoms with Gasteiger partial charge in [0.1, 0.15) is 0 Å². The van der Waals surface area contributed by atoms with Crippen molar-refractivity contribution in [2.24, 2.45) is 0 Å². The van der Waals surface area contributed by atoms with Crippen molar-refractivity contribution in [2.75, 3.05) is 4.90 Å². The van der Waals surface area contributed by atoms with Gasteiger partial charge >= 0.3 is 0 Å². The van der Waals surface area contributed by atoms with Gasteiger partial charge in [0.05, 0.1) is 0 Å². The van der Waals surface area contributed by atoms with Gasteiger partial charge in [-0.15, -0.1) is 0 Å². The van der Waals surface area contributed by atoms with E-state index in [1.807, 2.05) is 6.08 Å². The van der Waals surface area contributed by atoms with Crippen molar-refractivity contribution in [1.29, 1.82) is 0 Å². The molecule has 0 saturated heterocycles. The summed E-state index contributed by atoms with van der Waals surface area (Å²) in [6.07, 6.45) is 13.8. The minimum absolute atomic E-state index is 0.165. The lowest BCUT2D eigenvalue weighted by molar-refractivity contribution is 0.590. The van der Waals surface area contributed by atoms with Crippen molar-refractivity contribution in [1.82, 2.24) is 0 Å². The second-order valence-electron chi connectivity index (χ2n) is 7.30. The number of hydrogen-bond acceptors (Lipinski definition) is 1. The van der Waals surface area contributed by atoms with Gasteiger partial charge in [0, 0.05) is 17.1 Å². The van der Waals surface area contributed by atoms with Gasteiger partial charge < -0.3 is 4.90 Å². The Morgan fingerprint density at radius 2 is 1.76 bits per heavy atom. The van der Waals surface area contributed by atoms with Crippen LogP contribution in [0.5, 0.6) is 0 Å². The molecule has 0 aromatic heterocycles. The molecule has 0 bridgehead atoms. The Kier molecular flexibility index (Phi) is 8.48. The predicted molar refractivity (Wildman–Crippen MR) is 114 cm³/mol. The van der Waals surface area contributed by atoms with E-state index in [4.69, 9.17) is 0 Å². The molecule has 0 N–H and O–H groups in total. The van der Waals surface area contributed by atoms with Gasteiger partial charge in [0.25, 0.3) is 0 Å². The van der Waals surface area contributed by atoms with Gasteiger partial charge in [-0.2, -0.15) is 0 Å². The molecular formula is C24H35N. The van der Waals surface area contributed by atoms with Crippen LogP contribution in [-0.4, -0.2) is 0 Å². The third-order valence-electron chi connectivity index (χ3n) is 4.19. The Morgan fingerprint density at radius 3 is 2.20 bits per heavy atom. The number of benzene rings is 1. The summed E-state index contributed by atoms with van der Waals surface area (Å²) in [5, 5.41) is 0. The van der Waals surface area contributed by atoms with Crippen LogP contribution >= 0.6 is 0 Å². The standard InChI is InChI=1S/C24H35N/c1-8-12-15-22(14-10-3)25(21(11-4)13-9-2)23-18-16-20(17-19-23)24(5,6)7/h10-12,14-19H,3,8-9,13H2,1-2,4-7H3/b15-12-,21-11+,22-14+. The van der Waals surface area contributed by atoms with Crippen LogP contribution in [0.15, 0.2) is 72.6 Å². The number of nitrogens with zero attached hydrogens (tertiary/aromatic N) is 1. The molecule has 0 aliphatic heterocycles. The normalized spacial score (nSPS) is 13.4. The van der Waals surface area contributed by atoms with Gasteiger partial charge in [-0.1, -0.05) is 78.0 Å². The van der Waals surface area contributed by atoms with Crippen molar-refractivity contribution in [3.63, 3.8) is 0 Å². The zero-order valence-corrected chi connectivity index (χ0v) is 17.0. The molecule has 1 aromatic rings. The second-order valence-corrected chi connectivity index (χ2v) is 7.30. The third-order valence-corrected chi connectivity index (χ3v) is 4.19. The third kappa shape index (κ3) is 6.08. The molecule has 0 aliphatic rings. The Morgan fingerprint density at radius 1 is 1.12 bits per heavy atom. The van der Waals surface area contributed by atoms with Crippen LogP contribution < -0.4 is 4.90 Å². The molecule has 0 atom stereocenters. The molecule has 25 heavy (non-hydrogen) atoms. The first-order valence-corrected chi connectivity index (χ1v) is 9.44. The molecule has 0 amide bonds. The molecule has 0 saturated carbocycles. The number of hydrogen-bond donors (Lipinski definition) is 0. The largest absolute Gasteiger partial charge is 0.315 e. The molecule has 1 heteroatoms.